The quantitative estimate of drug-likeness (QED) is 0.814. The molecule has 0 radical (unpaired) electrons. The van der Waals surface area contributed by atoms with Crippen molar-refractivity contribution in [2.45, 2.75) is 32.6 Å². The minimum absolute atomic E-state index is 0.224. The van der Waals surface area contributed by atoms with Gasteiger partial charge in [0.1, 0.15) is 5.76 Å². The van der Waals surface area contributed by atoms with Crippen molar-refractivity contribution < 1.29 is 9.15 Å². The molecule has 4 nitrogen and oxygen atoms in total. The van der Waals surface area contributed by atoms with Gasteiger partial charge in [-0.2, -0.15) is 0 Å². The molecule has 0 unspecified atom stereocenters. The Hall–Kier alpha value is -1.07. The van der Waals surface area contributed by atoms with Gasteiger partial charge < -0.3 is 19.4 Å². The van der Waals surface area contributed by atoms with Crippen LogP contribution in [0.2, 0.25) is 0 Å². The van der Waals surface area contributed by atoms with Gasteiger partial charge in [-0.1, -0.05) is 0 Å². The van der Waals surface area contributed by atoms with Gasteiger partial charge >= 0.3 is 0 Å². The molecular weight excluding hydrogens is 236 g/mol. The molecule has 0 spiro atoms. The molecule has 1 saturated heterocycles. The van der Waals surface area contributed by atoms with Gasteiger partial charge in [0.05, 0.1) is 25.0 Å². The first-order valence-electron chi connectivity index (χ1n) is 5.86. The summed E-state index contributed by atoms with van der Waals surface area (Å²) in [7, 11) is 0. The number of morpholine rings is 1. The van der Waals surface area contributed by atoms with E-state index in [1.165, 1.54) is 0 Å². The Bertz CT molecular complexity index is 357. The third-order valence-electron chi connectivity index (χ3n) is 2.70. The standard InChI is InChI=1S/C12H18N2O2S/c1-9-7-14(8-10(2)16-9)12(17)13-6-11-4-3-5-15-11/h3-5,9-10H,6-8H2,1-2H3,(H,13,17)/t9-,10-/m0/s1. The molecule has 2 heterocycles. The number of furan rings is 1. The highest BCUT2D eigenvalue weighted by Crippen LogP contribution is 2.11. The Kier molecular flexibility index (Phi) is 4.02. The maximum atomic E-state index is 5.67. The summed E-state index contributed by atoms with van der Waals surface area (Å²) in [6.45, 7) is 6.45. The van der Waals surface area contributed by atoms with Gasteiger partial charge in [-0.05, 0) is 38.2 Å². The van der Waals surface area contributed by atoms with E-state index in [1.54, 1.807) is 6.26 Å². The Morgan fingerprint density at radius 3 is 2.76 bits per heavy atom. The van der Waals surface area contributed by atoms with E-state index in [-0.39, 0.29) is 12.2 Å². The molecule has 2 rings (SSSR count). The summed E-state index contributed by atoms with van der Waals surface area (Å²) in [6, 6.07) is 3.80. The van der Waals surface area contributed by atoms with Crippen molar-refractivity contribution in [3.05, 3.63) is 24.2 Å². The molecule has 1 fully saturated rings. The molecule has 0 bridgehead atoms. The normalized spacial score (nSPS) is 24.7. The average Bonchev–Trinajstić information content (AvgIpc) is 2.77. The number of hydrogen-bond donors (Lipinski definition) is 1. The molecule has 1 aliphatic heterocycles. The van der Waals surface area contributed by atoms with Crippen molar-refractivity contribution in [1.82, 2.24) is 10.2 Å². The second-order valence-electron chi connectivity index (χ2n) is 4.40. The van der Waals surface area contributed by atoms with Gasteiger partial charge in [0.15, 0.2) is 5.11 Å². The molecule has 1 aliphatic rings. The fourth-order valence-electron chi connectivity index (χ4n) is 2.03. The molecule has 5 heteroatoms. The topological polar surface area (TPSA) is 37.6 Å². The summed E-state index contributed by atoms with van der Waals surface area (Å²) in [6.07, 6.45) is 2.11. The molecule has 2 atom stereocenters. The third-order valence-corrected chi connectivity index (χ3v) is 3.10. The van der Waals surface area contributed by atoms with Gasteiger partial charge in [-0.3, -0.25) is 0 Å². The van der Waals surface area contributed by atoms with Crippen LogP contribution in [-0.4, -0.2) is 35.3 Å². The first-order valence-corrected chi connectivity index (χ1v) is 6.26. The molecule has 0 amide bonds. The van der Waals surface area contributed by atoms with Crippen molar-refractivity contribution in [3.8, 4) is 0 Å². The van der Waals surface area contributed by atoms with Crippen LogP contribution in [0.4, 0.5) is 0 Å². The highest BCUT2D eigenvalue weighted by Gasteiger charge is 2.23. The summed E-state index contributed by atoms with van der Waals surface area (Å²) < 4.78 is 10.9. The van der Waals surface area contributed by atoms with Crippen molar-refractivity contribution in [2.75, 3.05) is 13.1 Å². The second-order valence-corrected chi connectivity index (χ2v) is 4.79. The summed E-state index contributed by atoms with van der Waals surface area (Å²) in [5, 5.41) is 3.97. The number of nitrogens with one attached hydrogen (secondary N) is 1. The number of hydrogen-bond acceptors (Lipinski definition) is 3. The second kappa shape index (κ2) is 5.51. The van der Waals surface area contributed by atoms with E-state index in [4.69, 9.17) is 21.4 Å². The van der Waals surface area contributed by atoms with Crippen LogP contribution >= 0.6 is 12.2 Å². The zero-order valence-corrected chi connectivity index (χ0v) is 11.0. The zero-order chi connectivity index (χ0) is 12.3. The number of thiocarbonyl (C=S) groups is 1. The largest absolute Gasteiger partial charge is 0.467 e. The predicted molar refractivity (Wildman–Crippen MR) is 69.7 cm³/mol. The van der Waals surface area contributed by atoms with Crippen LogP contribution in [0.1, 0.15) is 19.6 Å². The number of ether oxygens (including phenoxy) is 1. The lowest BCUT2D eigenvalue weighted by molar-refractivity contribution is -0.0482. The highest BCUT2D eigenvalue weighted by molar-refractivity contribution is 7.80. The van der Waals surface area contributed by atoms with Crippen molar-refractivity contribution in [1.29, 1.82) is 0 Å². The number of rotatable bonds is 2. The lowest BCUT2D eigenvalue weighted by Crippen LogP contribution is -2.51. The maximum absolute atomic E-state index is 5.67. The van der Waals surface area contributed by atoms with E-state index in [9.17, 15) is 0 Å². The van der Waals surface area contributed by atoms with Gasteiger partial charge in [0, 0.05) is 13.1 Å². The van der Waals surface area contributed by atoms with Crippen LogP contribution in [0.5, 0.6) is 0 Å². The Morgan fingerprint density at radius 2 is 2.18 bits per heavy atom. The molecule has 1 N–H and O–H groups in total. The molecular formula is C12H18N2O2S. The molecule has 0 aliphatic carbocycles. The summed E-state index contributed by atoms with van der Waals surface area (Å²) in [5.74, 6) is 0.890. The SMILES string of the molecule is C[C@H]1CN(C(=S)NCc2ccco2)C[C@H](C)O1. The Morgan fingerprint density at radius 1 is 1.47 bits per heavy atom. The van der Waals surface area contributed by atoms with Crippen molar-refractivity contribution in [2.24, 2.45) is 0 Å². The molecule has 1 aromatic rings. The lowest BCUT2D eigenvalue weighted by Gasteiger charge is -2.36. The van der Waals surface area contributed by atoms with Crippen LogP contribution in [0.3, 0.4) is 0 Å². The van der Waals surface area contributed by atoms with E-state index < -0.39 is 0 Å². The van der Waals surface area contributed by atoms with Gasteiger partial charge in [0.25, 0.3) is 0 Å². The smallest absolute Gasteiger partial charge is 0.169 e. The first-order chi connectivity index (χ1) is 8.15. The van der Waals surface area contributed by atoms with Gasteiger partial charge in [0.2, 0.25) is 0 Å². The predicted octanol–water partition coefficient (Wildman–Crippen LogP) is 1.76. The van der Waals surface area contributed by atoms with Crippen LogP contribution in [-0.2, 0) is 11.3 Å². The van der Waals surface area contributed by atoms with E-state index in [2.05, 4.69) is 24.1 Å². The zero-order valence-electron chi connectivity index (χ0n) is 10.2. The van der Waals surface area contributed by atoms with Gasteiger partial charge in [-0.25, -0.2) is 0 Å². The minimum Gasteiger partial charge on any atom is -0.467 e. The van der Waals surface area contributed by atoms with Crippen LogP contribution in [0, 0.1) is 0 Å². The van der Waals surface area contributed by atoms with E-state index in [0.29, 0.717) is 6.54 Å². The molecule has 1 aromatic heterocycles. The Labute approximate surface area is 107 Å². The Balaban J connectivity index is 1.83. The fourth-order valence-corrected chi connectivity index (χ4v) is 2.25. The van der Waals surface area contributed by atoms with E-state index in [1.807, 2.05) is 12.1 Å². The highest BCUT2D eigenvalue weighted by atomic mass is 32.1. The summed E-state index contributed by atoms with van der Waals surface area (Å²) in [5.41, 5.74) is 0. The van der Waals surface area contributed by atoms with Crippen LogP contribution < -0.4 is 5.32 Å². The fraction of sp³-hybridized carbons (Fsp3) is 0.583. The van der Waals surface area contributed by atoms with Gasteiger partial charge in [-0.15, -0.1) is 0 Å². The molecule has 0 saturated carbocycles. The monoisotopic (exact) mass is 254 g/mol. The lowest BCUT2D eigenvalue weighted by atomic mass is 10.2. The summed E-state index contributed by atoms with van der Waals surface area (Å²) >= 11 is 5.37. The van der Waals surface area contributed by atoms with Crippen LogP contribution in [0.25, 0.3) is 0 Å². The van der Waals surface area contributed by atoms with Crippen LogP contribution in [0.15, 0.2) is 22.8 Å². The molecule has 94 valence electrons. The first kappa shape index (κ1) is 12.4. The third kappa shape index (κ3) is 3.44. The minimum atomic E-state index is 0.224. The van der Waals surface area contributed by atoms with E-state index in [0.717, 1.165) is 24.0 Å². The molecule has 0 aromatic carbocycles. The van der Waals surface area contributed by atoms with Crippen molar-refractivity contribution >= 4 is 17.3 Å². The summed E-state index contributed by atoms with van der Waals surface area (Å²) in [4.78, 5) is 2.15. The van der Waals surface area contributed by atoms with E-state index >= 15 is 0 Å². The van der Waals surface area contributed by atoms with Crippen molar-refractivity contribution in [3.63, 3.8) is 0 Å². The average molecular weight is 254 g/mol. The number of nitrogens with zero attached hydrogens (tertiary/aromatic N) is 1. The maximum Gasteiger partial charge on any atom is 0.169 e. The molecule has 17 heavy (non-hydrogen) atoms.